The predicted molar refractivity (Wildman–Crippen MR) is 72.4 cm³/mol. The summed E-state index contributed by atoms with van der Waals surface area (Å²) in [4.78, 5) is 6.05. The van der Waals surface area contributed by atoms with Crippen LogP contribution in [0.2, 0.25) is 0 Å². The summed E-state index contributed by atoms with van der Waals surface area (Å²) in [6, 6.07) is 0. The molecule has 1 saturated carbocycles. The van der Waals surface area contributed by atoms with E-state index in [0.717, 1.165) is 38.8 Å². The minimum absolute atomic E-state index is 0.0862. The molecule has 0 unspecified atom stereocenters. The number of nitrogens with zero attached hydrogens (tertiary/aromatic N) is 1. The Kier molecular flexibility index (Phi) is 8.28. The summed E-state index contributed by atoms with van der Waals surface area (Å²) in [6.45, 7) is 6.33. The van der Waals surface area contributed by atoms with E-state index >= 15 is 0 Å². The van der Waals surface area contributed by atoms with E-state index in [4.69, 9.17) is 17.8 Å². The SMILES string of the molecule is CC[N+](C)(CC)OC1CCC(O)CC1.O=S(=O)([O-])C(F)(F)F. The van der Waals surface area contributed by atoms with E-state index in [1.54, 1.807) is 0 Å². The van der Waals surface area contributed by atoms with Gasteiger partial charge in [-0.05, 0) is 39.5 Å². The van der Waals surface area contributed by atoms with Crippen LogP contribution < -0.4 is 0 Å². The van der Waals surface area contributed by atoms with Crippen LogP contribution >= 0.6 is 0 Å². The second-order valence-electron chi connectivity index (χ2n) is 5.37. The fraction of sp³-hybridized carbons (Fsp3) is 1.00. The maximum absolute atomic E-state index is 10.7. The molecule has 1 aliphatic rings. The van der Waals surface area contributed by atoms with E-state index in [2.05, 4.69) is 20.9 Å². The molecule has 0 heterocycles. The molecule has 0 atom stereocenters. The number of hydrogen-bond donors (Lipinski definition) is 1. The van der Waals surface area contributed by atoms with E-state index in [0.29, 0.717) is 10.8 Å². The average Bonchev–Trinajstić information content (AvgIpc) is 2.40. The lowest BCUT2D eigenvalue weighted by molar-refractivity contribution is -1.09. The Morgan fingerprint density at radius 1 is 1.18 bits per heavy atom. The minimum atomic E-state index is -6.09. The molecule has 22 heavy (non-hydrogen) atoms. The van der Waals surface area contributed by atoms with Crippen LogP contribution in [0, 0.1) is 0 Å². The van der Waals surface area contributed by atoms with Crippen LogP contribution in [0.5, 0.6) is 0 Å². The van der Waals surface area contributed by atoms with Crippen LogP contribution in [0.4, 0.5) is 13.2 Å². The molecular formula is C12H24F3NO5S. The van der Waals surface area contributed by atoms with Gasteiger partial charge < -0.3 is 9.66 Å². The highest BCUT2D eigenvalue weighted by Crippen LogP contribution is 2.23. The van der Waals surface area contributed by atoms with E-state index < -0.39 is 15.6 Å². The van der Waals surface area contributed by atoms with Gasteiger partial charge in [0, 0.05) is 0 Å². The molecule has 0 radical (unpaired) electrons. The number of quaternary nitrogens is 1. The molecule has 0 bridgehead atoms. The van der Waals surface area contributed by atoms with Crippen molar-refractivity contribution in [2.45, 2.75) is 57.2 Å². The molecule has 10 heteroatoms. The highest BCUT2D eigenvalue weighted by Gasteiger charge is 2.36. The second kappa shape index (κ2) is 8.44. The van der Waals surface area contributed by atoms with Crippen LogP contribution in [0.3, 0.4) is 0 Å². The lowest BCUT2D eigenvalue weighted by Gasteiger charge is -2.35. The molecule has 0 amide bonds. The number of aliphatic hydroxyl groups excluding tert-OH is 1. The Morgan fingerprint density at radius 3 is 1.82 bits per heavy atom. The summed E-state index contributed by atoms with van der Waals surface area (Å²) in [5, 5.41) is 9.38. The zero-order valence-electron chi connectivity index (χ0n) is 13.0. The monoisotopic (exact) mass is 351 g/mol. The summed E-state index contributed by atoms with van der Waals surface area (Å²) in [5.74, 6) is 0. The van der Waals surface area contributed by atoms with Gasteiger partial charge in [0.25, 0.3) is 0 Å². The molecule has 1 fully saturated rings. The van der Waals surface area contributed by atoms with Crippen LogP contribution in [-0.4, -0.2) is 60.6 Å². The lowest BCUT2D eigenvalue weighted by Crippen LogP contribution is -2.47. The molecule has 6 nitrogen and oxygen atoms in total. The molecule has 0 spiro atoms. The van der Waals surface area contributed by atoms with E-state index in [1.165, 1.54) is 0 Å². The topological polar surface area (TPSA) is 86.7 Å². The van der Waals surface area contributed by atoms with Gasteiger partial charge in [-0.3, -0.25) is 0 Å². The zero-order chi connectivity index (χ0) is 17.6. The molecular weight excluding hydrogens is 327 g/mol. The summed E-state index contributed by atoms with van der Waals surface area (Å²) >= 11 is 0. The van der Waals surface area contributed by atoms with E-state index in [9.17, 15) is 18.3 Å². The highest BCUT2D eigenvalue weighted by atomic mass is 32.2. The standard InChI is InChI=1S/C11H24NO2.CHF3O3S/c1-4-12(3,5-2)14-11-8-6-10(13)7-9-11;2-1(3,4)8(5,6)7/h10-11,13H,4-9H2,1-3H3;(H,5,6,7)/q+1;/p-1. The number of rotatable bonds is 4. The van der Waals surface area contributed by atoms with Gasteiger partial charge in [-0.15, -0.1) is 0 Å². The Bertz CT molecular complexity index is 415. The van der Waals surface area contributed by atoms with Crippen molar-refractivity contribution in [1.29, 1.82) is 0 Å². The smallest absolute Gasteiger partial charge is 0.485 e. The quantitative estimate of drug-likeness (QED) is 0.361. The fourth-order valence-electron chi connectivity index (χ4n) is 1.88. The molecule has 0 aliphatic heterocycles. The van der Waals surface area contributed by atoms with Crippen molar-refractivity contribution in [2.75, 3.05) is 20.1 Å². The number of hydroxylamine groups is 3. The first-order valence-corrected chi connectivity index (χ1v) is 8.48. The van der Waals surface area contributed by atoms with Crippen molar-refractivity contribution in [2.24, 2.45) is 0 Å². The number of halogens is 3. The van der Waals surface area contributed by atoms with Crippen molar-refractivity contribution >= 4 is 10.1 Å². The maximum atomic E-state index is 10.7. The van der Waals surface area contributed by atoms with Crippen molar-refractivity contribution in [3.05, 3.63) is 0 Å². The van der Waals surface area contributed by atoms with Crippen molar-refractivity contribution in [3.63, 3.8) is 0 Å². The fourth-order valence-corrected chi connectivity index (χ4v) is 1.88. The summed E-state index contributed by atoms with van der Waals surface area (Å²) in [6.07, 6.45) is 4.08. The van der Waals surface area contributed by atoms with E-state index in [1.807, 2.05) is 0 Å². The van der Waals surface area contributed by atoms with Crippen LogP contribution in [-0.2, 0) is 15.0 Å². The van der Waals surface area contributed by atoms with Gasteiger partial charge in [0.15, 0.2) is 10.1 Å². The summed E-state index contributed by atoms with van der Waals surface area (Å²) in [5.41, 5.74) is -5.65. The molecule has 0 aromatic carbocycles. The van der Waals surface area contributed by atoms with Crippen molar-refractivity contribution in [1.82, 2.24) is 0 Å². The largest absolute Gasteiger partial charge is 0.741 e. The molecule has 0 aromatic heterocycles. The second-order valence-corrected chi connectivity index (χ2v) is 6.74. The number of hydrogen-bond acceptors (Lipinski definition) is 5. The minimum Gasteiger partial charge on any atom is -0.741 e. The van der Waals surface area contributed by atoms with Crippen LogP contribution in [0.1, 0.15) is 39.5 Å². The molecule has 134 valence electrons. The Labute approximate surface area is 129 Å². The molecule has 1 N–H and O–H groups in total. The van der Waals surface area contributed by atoms with Gasteiger partial charge in [0.2, 0.25) is 0 Å². The van der Waals surface area contributed by atoms with Crippen LogP contribution in [0.15, 0.2) is 0 Å². The van der Waals surface area contributed by atoms with E-state index in [-0.39, 0.29) is 6.10 Å². The average molecular weight is 351 g/mol. The lowest BCUT2D eigenvalue weighted by atomic mass is 9.95. The highest BCUT2D eigenvalue weighted by molar-refractivity contribution is 7.86. The molecule has 0 aromatic rings. The predicted octanol–water partition coefficient (Wildman–Crippen LogP) is 1.76. The third kappa shape index (κ3) is 7.73. The van der Waals surface area contributed by atoms with Gasteiger partial charge in [0.05, 0.1) is 13.2 Å². The van der Waals surface area contributed by atoms with Crippen LogP contribution in [0.25, 0.3) is 0 Å². The van der Waals surface area contributed by atoms with Gasteiger partial charge in [-0.1, -0.05) is 0 Å². The molecule has 1 aliphatic carbocycles. The Hall–Kier alpha value is -0.420. The molecule has 1 rings (SSSR count). The first-order valence-electron chi connectivity index (χ1n) is 7.07. The third-order valence-corrected chi connectivity index (χ3v) is 4.24. The Balaban J connectivity index is 0.000000472. The number of aliphatic hydroxyl groups is 1. The maximum Gasteiger partial charge on any atom is 0.485 e. The Morgan fingerprint density at radius 2 is 1.55 bits per heavy atom. The first kappa shape index (κ1) is 21.6. The van der Waals surface area contributed by atoms with Gasteiger partial charge >= 0.3 is 5.51 Å². The summed E-state index contributed by atoms with van der Waals surface area (Å²) < 4.78 is 59.6. The van der Waals surface area contributed by atoms with Gasteiger partial charge in [-0.25, -0.2) is 8.42 Å². The van der Waals surface area contributed by atoms with Gasteiger partial charge in [0.1, 0.15) is 19.2 Å². The third-order valence-electron chi connectivity index (χ3n) is 3.67. The molecule has 0 saturated heterocycles. The van der Waals surface area contributed by atoms with Crippen molar-refractivity contribution < 1.29 is 40.7 Å². The van der Waals surface area contributed by atoms with Crippen molar-refractivity contribution in [3.8, 4) is 0 Å². The van der Waals surface area contributed by atoms with Gasteiger partial charge in [-0.2, -0.15) is 22.7 Å². The summed E-state index contributed by atoms with van der Waals surface area (Å²) in [7, 11) is -3.96. The normalized spacial score (nSPS) is 23.6. The first-order chi connectivity index (χ1) is 9.84. The zero-order valence-corrected chi connectivity index (χ0v) is 13.8. The number of alkyl halides is 3.